The Morgan fingerprint density at radius 3 is 2.81 bits per heavy atom. The van der Waals surface area contributed by atoms with Crippen molar-refractivity contribution in [2.75, 3.05) is 26.2 Å². The van der Waals surface area contributed by atoms with Crippen LogP contribution in [0.3, 0.4) is 0 Å². The zero-order chi connectivity index (χ0) is 15.1. The third kappa shape index (κ3) is 4.29. The van der Waals surface area contributed by atoms with E-state index in [1.165, 1.54) is 5.56 Å². The van der Waals surface area contributed by atoms with Gasteiger partial charge in [-0.1, -0.05) is 37.3 Å². The second-order valence-corrected chi connectivity index (χ2v) is 5.80. The number of hydrogen-bond acceptors (Lipinski definition) is 3. The molecule has 0 aromatic heterocycles. The molecular formula is C17H26N2O2. The van der Waals surface area contributed by atoms with E-state index in [2.05, 4.69) is 17.4 Å². The average molecular weight is 290 g/mol. The number of carbonyl (C=O) groups is 1. The number of benzene rings is 1. The highest BCUT2D eigenvalue weighted by atomic mass is 16.3. The molecule has 4 nitrogen and oxygen atoms in total. The van der Waals surface area contributed by atoms with Crippen LogP contribution in [0.25, 0.3) is 0 Å². The van der Waals surface area contributed by atoms with Crippen molar-refractivity contribution < 1.29 is 9.90 Å². The molecule has 0 spiro atoms. The van der Waals surface area contributed by atoms with Crippen molar-refractivity contribution in [3.63, 3.8) is 0 Å². The Morgan fingerprint density at radius 2 is 2.10 bits per heavy atom. The van der Waals surface area contributed by atoms with Crippen LogP contribution < -0.4 is 5.32 Å². The topological polar surface area (TPSA) is 52.6 Å². The summed E-state index contributed by atoms with van der Waals surface area (Å²) in [6, 6.07) is 10.3. The van der Waals surface area contributed by atoms with E-state index in [-0.39, 0.29) is 5.91 Å². The molecule has 0 saturated carbocycles. The number of likely N-dealkylation sites (N-methyl/N-ethyl adjacent to an activating group) is 1. The first-order chi connectivity index (χ1) is 10.2. The van der Waals surface area contributed by atoms with Gasteiger partial charge in [0.25, 0.3) is 5.91 Å². The molecule has 1 saturated heterocycles. The smallest absolute Gasteiger partial charge is 0.255 e. The van der Waals surface area contributed by atoms with Crippen molar-refractivity contribution in [3.8, 4) is 0 Å². The normalized spacial score (nSPS) is 22.6. The van der Waals surface area contributed by atoms with Gasteiger partial charge < -0.3 is 15.3 Å². The van der Waals surface area contributed by atoms with Gasteiger partial charge >= 0.3 is 0 Å². The van der Waals surface area contributed by atoms with Crippen molar-refractivity contribution in [2.24, 2.45) is 0 Å². The van der Waals surface area contributed by atoms with Crippen LogP contribution in [-0.4, -0.2) is 47.7 Å². The summed E-state index contributed by atoms with van der Waals surface area (Å²) in [7, 11) is 0. The molecule has 2 N–H and O–H groups in total. The van der Waals surface area contributed by atoms with Crippen LogP contribution in [0.1, 0.15) is 31.7 Å². The zero-order valence-corrected chi connectivity index (χ0v) is 12.8. The summed E-state index contributed by atoms with van der Waals surface area (Å²) in [5.41, 5.74) is 0.0888. The van der Waals surface area contributed by atoms with Crippen LogP contribution in [0.15, 0.2) is 30.3 Å². The van der Waals surface area contributed by atoms with Gasteiger partial charge in [-0.3, -0.25) is 4.79 Å². The van der Waals surface area contributed by atoms with Gasteiger partial charge in [-0.05, 0) is 37.8 Å². The van der Waals surface area contributed by atoms with Crippen molar-refractivity contribution in [3.05, 3.63) is 35.9 Å². The van der Waals surface area contributed by atoms with Crippen LogP contribution in [0.2, 0.25) is 0 Å². The van der Waals surface area contributed by atoms with E-state index in [9.17, 15) is 9.90 Å². The summed E-state index contributed by atoms with van der Waals surface area (Å²) >= 11 is 0. The van der Waals surface area contributed by atoms with Crippen LogP contribution in [-0.2, 0) is 11.2 Å². The van der Waals surface area contributed by atoms with Gasteiger partial charge in [0.05, 0.1) is 0 Å². The summed E-state index contributed by atoms with van der Waals surface area (Å²) < 4.78 is 0. The molecule has 1 heterocycles. The van der Waals surface area contributed by atoms with Crippen molar-refractivity contribution in [2.45, 2.75) is 38.2 Å². The fourth-order valence-electron chi connectivity index (χ4n) is 2.89. The highest BCUT2D eigenvalue weighted by molar-refractivity contribution is 5.86. The zero-order valence-electron chi connectivity index (χ0n) is 12.8. The molecule has 1 atom stereocenters. The second-order valence-electron chi connectivity index (χ2n) is 5.80. The molecule has 1 aromatic rings. The van der Waals surface area contributed by atoms with Crippen molar-refractivity contribution >= 4 is 5.91 Å². The standard InChI is InChI=1S/C17H26N2O2/c1-2-18-14-17(21)11-7-13-19(16(17)20)12-6-10-15-8-4-3-5-9-15/h3-5,8-9,18,21H,2,6-7,10-14H2,1H3/t17-/m0/s1. The lowest BCUT2D eigenvalue weighted by atomic mass is 9.91. The Morgan fingerprint density at radius 1 is 1.33 bits per heavy atom. The lowest BCUT2D eigenvalue weighted by Gasteiger charge is -2.38. The first-order valence-electron chi connectivity index (χ1n) is 7.92. The van der Waals surface area contributed by atoms with Gasteiger partial charge in [0.15, 0.2) is 5.60 Å². The van der Waals surface area contributed by atoms with Gasteiger partial charge in [0.2, 0.25) is 0 Å². The van der Waals surface area contributed by atoms with Crippen molar-refractivity contribution in [1.29, 1.82) is 0 Å². The Labute approximate surface area is 127 Å². The van der Waals surface area contributed by atoms with Gasteiger partial charge in [0, 0.05) is 19.6 Å². The highest BCUT2D eigenvalue weighted by Gasteiger charge is 2.41. The molecule has 4 heteroatoms. The number of carbonyl (C=O) groups excluding carboxylic acids is 1. The fourth-order valence-corrected chi connectivity index (χ4v) is 2.89. The molecule has 2 rings (SSSR count). The lowest BCUT2D eigenvalue weighted by molar-refractivity contribution is -0.156. The van der Waals surface area contributed by atoms with Gasteiger partial charge in [-0.25, -0.2) is 0 Å². The molecule has 21 heavy (non-hydrogen) atoms. The van der Waals surface area contributed by atoms with Crippen LogP contribution >= 0.6 is 0 Å². The molecule has 0 bridgehead atoms. The minimum absolute atomic E-state index is 0.109. The Hall–Kier alpha value is -1.39. The molecule has 116 valence electrons. The van der Waals surface area contributed by atoms with E-state index in [1.807, 2.05) is 30.0 Å². The monoisotopic (exact) mass is 290 g/mol. The fraction of sp³-hybridized carbons (Fsp3) is 0.588. The van der Waals surface area contributed by atoms with Crippen LogP contribution in [0, 0.1) is 0 Å². The maximum atomic E-state index is 12.4. The molecule has 0 radical (unpaired) electrons. The Balaban J connectivity index is 1.84. The highest BCUT2D eigenvalue weighted by Crippen LogP contribution is 2.22. The van der Waals surface area contributed by atoms with Gasteiger partial charge in [-0.2, -0.15) is 0 Å². The number of amides is 1. The number of nitrogens with zero attached hydrogens (tertiary/aromatic N) is 1. The van der Waals surface area contributed by atoms with E-state index in [0.29, 0.717) is 13.0 Å². The summed E-state index contributed by atoms with van der Waals surface area (Å²) in [5, 5.41) is 13.6. The molecule has 1 aromatic carbocycles. The number of hydrogen-bond donors (Lipinski definition) is 2. The minimum atomic E-state index is -1.21. The van der Waals surface area contributed by atoms with E-state index < -0.39 is 5.60 Å². The Bertz CT molecular complexity index is 449. The third-order valence-electron chi connectivity index (χ3n) is 4.11. The van der Waals surface area contributed by atoms with Gasteiger partial charge in [0.1, 0.15) is 0 Å². The van der Waals surface area contributed by atoms with Crippen LogP contribution in [0.5, 0.6) is 0 Å². The van der Waals surface area contributed by atoms with Crippen molar-refractivity contribution in [1.82, 2.24) is 10.2 Å². The van der Waals surface area contributed by atoms with E-state index >= 15 is 0 Å². The quantitative estimate of drug-likeness (QED) is 0.802. The first-order valence-corrected chi connectivity index (χ1v) is 7.92. The number of piperidine rings is 1. The molecule has 1 aliphatic heterocycles. The summed E-state index contributed by atoms with van der Waals surface area (Å²) in [5.74, 6) is -0.109. The molecule has 1 amide bonds. The van der Waals surface area contributed by atoms with E-state index in [1.54, 1.807) is 0 Å². The summed E-state index contributed by atoms with van der Waals surface area (Å²) in [6.07, 6.45) is 3.34. The van der Waals surface area contributed by atoms with Gasteiger partial charge in [-0.15, -0.1) is 0 Å². The molecule has 0 unspecified atom stereocenters. The maximum absolute atomic E-state index is 12.4. The summed E-state index contributed by atoms with van der Waals surface area (Å²) in [4.78, 5) is 14.3. The molecule has 0 aliphatic carbocycles. The SMILES string of the molecule is CCNC[C@@]1(O)CCCN(CCCc2ccccc2)C1=O. The maximum Gasteiger partial charge on any atom is 0.255 e. The lowest BCUT2D eigenvalue weighted by Crippen LogP contribution is -2.58. The van der Waals surface area contributed by atoms with Crippen LogP contribution in [0.4, 0.5) is 0 Å². The van der Waals surface area contributed by atoms with E-state index in [4.69, 9.17) is 0 Å². The first kappa shape index (κ1) is 16.0. The largest absolute Gasteiger partial charge is 0.379 e. The Kier molecular flexibility index (Phi) is 5.76. The summed E-state index contributed by atoms with van der Waals surface area (Å²) in [6.45, 7) is 4.60. The molecule has 1 aliphatic rings. The number of aryl methyl sites for hydroxylation is 1. The predicted octanol–water partition coefficient (Wildman–Crippen LogP) is 1.58. The predicted molar refractivity (Wildman–Crippen MR) is 84.1 cm³/mol. The molecule has 1 fully saturated rings. The number of aliphatic hydroxyl groups is 1. The second kappa shape index (κ2) is 7.57. The average Bonchev–Trinajstić information content (AvgIpc) is 2.51. The third-order valence-corrected chi connectivity index (χ3v) is 4.11. The molecular weight excluding hydrogens is 264 g/mol. The number of nitrogens with one attached hydrogen (secondary N) is 1. The van der Waals surface area contributed by atoms with E-state index in [0.717, 1.165) is 38.9 Å². The number of likely N-dealkylation sites (tertiary alicyclic amines) is 1. The number of rotatable bonds is 7. The minimum Gasteiger partial charge on any atom is -0.379 e.